The molecule has 2 heterocycles. The molecule has 1 fully saturated rings. The van der Waals surface area contributed by atoms with Crippen LogP contribution in [0.5, 0.6) is 0 Å². The molecular weight excluding hydrogens is 287 g/mol. The normalized spacial score (nSPS) is 19.0. The maximum atomic E-state index is 12.3. The first-order valence-electron chi connectivity index (χ1n) is 6.32. The predicted octanol–water partition coefficient (Wildman–Crippen LogP) is 1.74. The van der Waals surface area contributed by atoms with E-state index in [1.165, 1.54) is 0 Å². The van der Waals surface area contributed by atoms with E-state index in [9.17, 15) is 22.8 Å². The van der Waals surface area contributed by atoms with Gasteiger partial charge in [-0.15, -0.1) is 0 Å². The van der Waals surface area contributed by atoms with Gasteiger partial charge < -0.3 is 10.2 Å². The van der Waals surface area contributed by atoms with Crippen LogP contribution in [0.25, 0.3) is 0 Å². The lowest BCUT2D eigenvalue weighted by Gasteiger charge is -2.18. The van der Waals surface area contributed by atoms with Crippen molar-refractivity contribution in [3.05, 3.63) is 23.9 Å². The molecule has 0 radical (unpaired) electrons. The summed E-state index contributed by atoms with van der Waals surface area (Å²) in [5.74, 6) is -1.64. The van der Waals surface area contributed by atoms with Crippen LogP contribution in [0.2, 0.25) is 0 Å². The molecule has 1 aliphatic heterocycles. The molecule has 5 nitrogen and oxygen atoms in total. The Labute approximate surface area is 119 Å². The van der Waals surface area contributed by atoms with Crippen LogP contribution in [0.1, 0.15) is 12.0 Å². The molecule has 1 saturated heterocycles. The van der Waals surface area contributed by atoms with Crippen molar-refractivity contribution in [1.82, 2.24) is 9.88 Å². The van der Waals surface area contributed by atoms with E-state index >= 15 is 0 Å². The van der Waals surface area contributed by atoms with Gasteiger partial charge in [0.2, 0.25) is 11.8 Å². The average molecular weight is 301 g/mol. The van der Waals surface area contributed by atoms with Gasteiger partial charge in [0.05, 0.1) is 5.92 Å². The van der Waals surface area contributed by atoms with Crippen molar-refractivity contribution in [2.75, 3.05) is 18.4 Å². The van der Waals surface area contributed by atoms with E-state index in [-0.39, 0.29) is 13.0 Å². The summed E-state index contributed by atoms with van der Waals surface area (Å²) in [7, 11) is 0. The maximum absolute atomic E-state index is 12.3. The molecule has 1 unspecified atom stereocenters. The fraction of sp³-hybridized carbons (Fsp3) is 0.462. The number of nitrogens with one attached hydrogen (secondary N) is 1. The van der Waals surface area contributed by atoms with E-state index in [0.29, 0.717) is 10.7 Å². The van der Waals surface area contributed by atoms with Gasteiger partial charge in [0.15, 0.2) is 0 Å². The van der Waals surface area contributed by atoms with E-state index in [1.807, 2.05) is 6.92 Å². The van der Waals surface area contributed by atoms with Gasteiger partial charge >= 0.3 is 6.18 Å². The number of anilines is 1. The van der Waals surface area contributed by atoms with Gasteiger partial charge in [-0.1, -0.05) is 6.07 Å². The smallest absolute Gasteiger partial charge is 0.333 e. The molecule has 0 aromatic carbocycles. The minimum atomic E-state index is -4.46. The quantitative estimate of drug-likeness (QED) is 0.925. The van der Waals surface area contributed by atoms with E-state index in [0.717, 1.165) is 5.56 Å². The van der Waals surface area contributed by atoms with Crippen LogP contribution in [0, 0.1) is 12.8 Å². The highest BCUT2D eigenvalue weighted by Gasteiger charge is 2.40. The van der Waals surface area contributed by atoms with E-state index in [2.05, 4.69) is 10.3 Å². The molecule has 2 rings (SSSR count). The molecular formula is C13H14F3N3O2. The summed E-state index contributed by atoms with van der Waals surface area (Å²) >= 11 is 0. The number of carbonyl (C=O) groups excluding carboxylic acids is 2. The van der Waals surface area contributed by atoms with Crippen molar-refractivity contribution in [2.24, 2.45) is 5.92 Å². The summed E-state index contributed by atoms with van der Waals surface area (Å²) in [5.41, 5.74) is 0.917. The Kier molecular flexibility index (Phi) is 4.15. The topological polar surface area (TPSA) is 62.3 Å². The van der Waals surface area contributed by atoms with Crippen molar-refractivity contribution >= 4 is 17.6 Å². The third kappa shape index (κ3) is 4.17. The highest BCUT2D eigenvalue weighted by Crippen LogP contribution is 2.24. The molecule has 0 saturated carbocycles. The van der Waals surface area contributed by atoms with Gasteiger partial charge in [-0.2, -0.15) is 13.2 Å². The van der Waals surface area contributed by atoms with E-state index in [4.69, 9.17) is 0 Å². The summed E-state index contributed by atoms with van der Waals surface area (Å²) in [5, 5.41) is 2.50. The number of aryl methyl sites for hydroxylation is 1. The van der Waals surface area contributed by atoms with Gasteiger partial charge in [-0.3, -0.25) is 9.59 Å². The summed E-state index contributed by atoms with van der Waals surface area (Å²) in [6, 6.07) is 3.34. The lowest BCUT2D eigenvalue weighted by atomic mass is 10.1. The molecule has 1 aromatic heterocycles. The zero-order valence-corrected chi connectivity index (χ0v) is 11.3. The molecule has 114 valence electrons. The predicted molar refractivity (Wildman–Crippen MR) is 68.3 cm³/mol. The molecule has 0 spiro atoms. The second-order valence-electron chi connectivity index (χ2n) is 5.00. The highest BCUT2D eigenvalue weighted by atomic mass is 19.4. The largest absolute Gasteiger partial charge is 0.406 e. The van der Waals surface area contributed by atoms with Crippen LogP contribution < -0.4 is 5.32 Å². The molecule has 2 amide bonds. The van der Waals surface area contributed by atoms with Gasteiger partial charge in [0.25, 0.3) is 0 Å². The number of rotatable bonds is 3. The monoisotopic (exact) mass is 301 g/mol. The van der Waals surface area contributed by atoms with E-state index in [1.54, 1.807) is 18.3 Å². The number of alkyl halides is 3. The third-order valence-corrected chi connectivity index (χ3v) is 3.12. The van der Waals surface area contributed by atoms with Gasteiger partial charge in [-0.05, 0) is 18.6 Å². The Morgan fingerprint density at radius 2 is 2.19 bits per heavy atom. The Morgan fingerprint density at radius 3 is 2.76 bits per heavy atom. The number of amides is 2. The summed E-state index contributed by atoms with van der Waals surface area (Å²) in [6.45, 7) is 0.289. The highest BCUT2D eigenvalue weighted by molar-refractivity contribution is 5.96. The van der Waals surface area contributed by atoms with Crippen molar-refractivity contribution in [3.63, 3.8) is 0 Å². The maximum Gasteiger partial charge on any atom is 0.406 e. The number of aromatic nitrogens is 1. The van der Waals surface area contributed by atoms with Crippen molar-refractivity contribution in [2.45, 2.75) is 19.5 Å². The first-order chi connectivity index (χ1) is 9.74. The van der Waals surface area contributed by atoms with Crippen molar-refractivity contribution in [3.8, 4) is 0 Å². The zero-order valence-electron chi connectivity index (χ0n) is 11.3. The Hall–Kier alpha value is -2.12. The molecule has 0 aliphatic carbocycles. The molecule has 0 bridgehead atoms. The number of hydrogen-bond donors (Lipinski definition) is 1. The second kappa shape index (κ2) is 5.71. The number of nitrogens with zero attached hydrogens (tertiary/aromatic N) is 2. The number of carbonyl (C=O) groups is 2. The fourth-order valence-corrected chi connectivity index (χ4v) is 2.09. The Bertz CT molecular complexity index is 543. The van der Waals surface area contributed by atoms with Crippen LogP contribution in [0.4, 0.5) is 19.0 Å². The number of halogens is 3. The molecule has 1 aromatic rings. The molecule has 1 N–H and O–H groups in total. The lowest BCUT2D eigenvalue weighted by molar-refractivity contribution is -0.157. The lowest BCUT2D eigenvalue weighted by Crippen LogP contribution is -2.36. The second-order valence-corrected chi connectivity index (χ2v) is 5.00. The molecule has 21 heavy (non-hydrogen) atoms. The molecule has 1 aliphatic rings. The standard InChI is InChI=1S/C13H14F3N3O2/c1-8-2-3-10(17-5-8)18-12(21)9-4-11(20)19(6-9)7-13(14,15)16/h2-3,5,9H,4,6-7H2,1H3,(H,17,18,21). The SMILES string of the molecule is Cc1ccc(NC(=O)C2CC(=O)N(CC(F)(F)F)C2)nc1. The van der Waals surface area contributed by atoms with Crippen molar-refractivity contribution in [1.29, 1.82) is 0 Å². The molecule has 1 atom stereocenters. The first kappa shape index (κ1) is 15.3. The summed E-state index contributed by atoms with van der Waals surface area (Å²) < 4.78 is 36.9. The van der Waals surface area contributed by atoms with Gasteiger partial charge in [0.1, 0.15) is 12.4 Å². The van der Waals surface area contributed by atoms with Crippen LogP contribution in [0.15, 0.2) is 18.3 Å². The third-order valence-electron chi connectivity index (χ3n) is 3.12. The number of pyridine rings is 1. The Morgan fingerprint density at radius 1 is 1.48 bits per heavy atom. The molecule has 8 heteroatoms. The van der Waals surface area contributed by atoms with Crippen LogP contribution in [-0.4, -0.2) is 41.0 Å². The average Bonchev–Trinajstić information content (AvgIpc) is 2.72. The first-order valence-corrected chi connectivity index (χ1v) is 6.32. The van der Waals surface area contributed by atoms with Crippen LogP contribution in [0.3, 0.4) is 0 Å². The summed E-state index contributed by atoms with van der Waals surface area (Å²) in [4.78, 5) is 28.1. The van der Waals surface area contributed by atoms with Gasteiger partial charge in [-0.25, -0.2) is 4.98 Å². The minimum Gasteiger partial charge on any atom is -0.333 e. The minimum absolute atomic E-state index is 0.215. The summed E-state index contributed by atoms with van der Waals surface area (Å²) in [6.07, 6.45) is -3.11. The zero-order chi connectivity index (χ0) is 15.6. The number of likely N-dealkylation sites (tertiary alicyclic amines) is 1. The van der Waals surface area contributed by atoms with Crippen LogP contribution >= 0.6 is 0 Å². The van der Waals surface area contributed by atoms with E-state index < -0.39 is 30.5 Å². The number of hydrogen-bond acceptors (Lipinski definition) is 3. The van der Waals surface area contributed by atoms with Crippen molar-refractivity contribution < 1.29 is 22.8 Å². The Balaban J connectivity index is 1.95. The van der Waals surface area contributed by atoms with Crippen LogP contribution in [-0.2, 0) is 9.59 Å². The fourth-order valence-electron chi connectivity index (χ4n) is 2.09. The van der Waals surface area contributed by atoms with Gasteiger partial charge in [0, 0.05) is 19.2 Å².